The molecular weight excluding hydrogens is 406 g/mol. The van der Waals surface area contributed by atoms with Gasteiger partial charge in [0.2, 0.25) is 11.8 Å². The van der Waals surface area contributed by atoms with Crippen LogP contribution in [0.3, 0.4) is 0 Å². The van der Waals surface area contributed by atoms with Crippen molar-refractivity contribution in [3.8, 4) is 0 Å². The van der Waals surface area contributed by atoms with Gasteiger partial charge in [-0.2, -0.15) is 0 Å². The van der Waals surface area contributed by atoms with Gasteiger partial charge in [0.1, 0.15) is 24.5 Å². The van der Waals surface area contributed by atoms with Gasteiger partial charge in [0.05, 0.1) is 5.54 Å². The summed E-state index contributed by atoms with van der Waals surface area (Å²) >= 11 is 0. The lowest BCUT2D eigenvalue weighted by molar-refractivity contribution is -0.131. The Morgan fingerprint density at radius 3 is 2.19 bits per heavy atom. The fraction of sp³-hybridized carbons (Fsp3) is 0.583. The summed E-state index contributed by atoms with van der Waals surface area (Å²) in [7, 11) is 0. The molecular formula is C24H37N5O3. The van der Waals surface area contributed by atoms with Crippen LogP contribution < -0.4 is 16.0 Å². The van der Waals surface area contributed by atoms with E-state index in [1.54, 1.807) is 0 Å². The second-order valence-corrected chi connectivity index (χ2v) is 10.6. The molecule has 8 heteroatoms. The third-order valence-electron chi connectivity index (χ3n) is 4.72. The molecule has 0 radical (unpaired) electrons. The van der Waals surface area contributed by atoms with Crippen LogP contribution in [0.25, 0.3) is 0 Å². The third-order valence-corrected chi connectivity index (χ3v) is 4.72. The van der Waals surface area contributed by atoms with Gasteiger partial charge in [-0.1, -0.05) is 44.2 Å². The molecule has 0 spiro atoms. The fourth-order valence-corrected chi connectivity index (χ4v) is 3.46. The zero-order valence-corrected chi connectivity index (χ0v) is 20.4. The number of benzene rings is 1. The highest BCUT2D eigenvalue weighted by atomic mass is 16.2. The molecule has 8 nitrogen and oxygen atoms in total. The predicted octanol–water partition coefficient (Wildman–Crippen LogP) is 3.01. The van der Waals surface area contributed by atoms with Gasteiger partial charge in [0.15, 0.2) is 0 Å². The largest absolute Gasteiger partial charge is 0.350 e. The van der Waals surface area contributed by atoms with Crippen LogP contribution in [0.4, 0.5) is 4.79 Å². The minimum absolute atomic E-state index is 0.114. The first-order chi connectivity index (χ1) is 14.7. The Labute approximate surface area is 191 Å². The number of carbonyl (C=O) groups excluding carboxylic acids is 3. The predicted molar refractivity (Wildman–Crippen MR) is 126 cm³/mol. The summed E-state index contributed by atoms with van der Waals surface area (Å²) in [5.41, 5.74) is 0.0369. The topological polar surface area (TPSA) is 103 Å². The number of amides is 4. The molecule has 0 aliphatic carbocycles. The molecule has 1 aliphatic rings. The van der Waals surface area contributed by atoms with Crippen LogP contribution in [0, 0.1) is 5.92 Å². The Morgan fingerprint density at radius 2 is 1.69 bits per heavy atom. The van der Waals surface area contributed by atoms with Gasteiger partial charge in [-0.15, -0.1) is 0 Å². The molecule has 1 aliphatic heterocycles. The lowest BCUT2D eigenvalue weighted by Crippen LogP contribution is -2.55. The molecule has 0 aromatic heterocycles. The second kappa shape index (κ2) is 9.71. The fourth-order valence-electron chi connectivity index (χ4n) is 3.46. The Balaban J connectivity index is 2.26. The molecule has 1 aromatic rings. The summed E-state index contributed by atoms with van der Waals surface area (Å²) in [5.74, 6) is -0.258. The van der Waals surface area contributed by atoms with Gasteiger partial charge < -0.3 is 15.5 Å². The van der Waals surface area contributed by atoms with E-state index in [0.717, 1.165) is 5.56 Å². The average Bonchev–Trinajstić information content (AvgIpc) is 2.91. The number of urea groups is 1. The highest BCUT2D eigenvalue weighted by molar-refractivity contribution is 6.08. The molecule has 1 fully saturated rings. The van der Waals surface area contributed by atoms with E-state index in [2.05, 4.69) is 20.9 Å². The molecule has 3 N–H and O–H groups in total. The van der Waals surface area contributed by atoms with E-state index in [1.165, 1.54) is 4.90 Å². The van der Waals surface area contributed by atoms with Crippen molar-refractivity contribution in [3.05, 3.63) is 35.9 Å². The van der Waals surface area contributed by atoms with Crippen molar-refractivity contribution < 1.29 is 14.4 Å². The number of nitrogens with zero attached hydrogens (tertiary/aromatic N) is 2. The van der Waals surface area contributed by atoms with Gasteiger partial charge in [-0.05, 0) is 53.0 Å². The Hall–Kier alpha value is -2.90. The minimum atomic E-state index is -0.703. The number of aliphatic imine (C=N–C) groups is 1. The standard InChI is InChI=1S/C24H37N5O3/c1-15(2)18(21(31)28-24(6,7)8)25-17(30)14-29-19(16-12-10-9-11-13-16)20(26-22(29)32)27-23(3,4)5/h9-13,15,18-19H,14H2,1-8H3,(H,25,30)(H,28,31)(H,26,27,32). The molecule has 2 atom stereocenters. The molecule has 176 valence electrons. The summed E-state index contributed by atoms with van der Waals surface area (Å²) in [4.78, 5) is 44.6. The van der Waals surface area contributed by atoms with E-state index in [1.807, 2.05) is 85.7 Å². The van der Waals surface area contributed by atoms with Gasteiger partial charge in [-0.3, -0.25) is 19.9 Å². The molecule has 1 aromatic carbocycles. The maximum Gasteiger partial charge on any atom is 0.324 e. The molecule has 1 heterocycles. The van der Waals surface area contributed by atoms with E-state index in [-0.39, 0.29) is 18.4 Å². The molecule has 2 unspecified atom stereocenters. The van der Waals surface area contributed by atoms with E-state index < -0.39 is 35.1 Å². The van der Waals surface area contributed by atoms with Crippen molar-refractivity contribution in [3.63, 3.8) is 0 Å². The Kier molecular flexibility index (Phi) is 7.70. The molecule has 32 heavy (non-hydrogen) atoms. The Bertz CT molecular complexity index is 866. The molecule has 1 saturated heterocycles. The second-order valence-electron chi connectivity index (χ2n) is 10.6. The molecule has 0 bridgehead atoms. The lowest BCUT2D eigenvalue weighted by Gasteiger charge is -2.29. The summed E-state index contributed by atoms with van der Waals surface area (Å²) in [6.45, 7) is 15.1. The SMILES string of the molecule is CC(C)C(NC(=O)CN1C(=O)NC(=NC(C)(C)C)C1c1ccccc1)C(=O)NC(C)(C)C. The highest BCUT2D eigenvalue weighted by Gasteiger charge is 2.40. The van der Waals surface area contributed by atoms with E-state index in [9.17, 15) is 14.4 Å². The summed E-state index contributed by atoms with van der Waals surface area (Å²) in [5, 5.41) is 8.54. The average molecular weight is 444 g/mol. The monoisotopic (exact) mass is 443 g/mol. The van der Waals surface area contributed by atoms with Crippen LogP contribution in [0.5, 0.6) is 0 Å². The van der Waals surface area contributed by atoms with Crippen molar-refractivity contribution in [2.75, 3.05) is 6.54 Å². The summed E-state index contributed by atoms with van der Waals surface area (Å²) < 4.78 is 0. The van der Waals surface area contributed by atoms with Crippen LogP contribution >= 0.6 is 0 Å². The maximum atomic E-state index is 12.9. The van der Waals surface area contributed by atoms with E-state index in [0.29, 0.717) is 5.84 Å². The van der Waals surface area contributed by atoms with Crippen molar-refractivity contribution in [2.24, 2.45) is 10.9 Å². The maximum absolute atomic E-state index is 12.9. The van der Waals surface area contributed by atoms with Gasteiger partial charge in [-0.25, -0.2) is 4.79 Å². The van der Waals surface area contributed by atoms with Crippen LogP contribution in [0.2, 0.25) is 0 Å². The van der Waals surface area contributed by atoms with Crippen molar-refractivity contribution in [2.45, 2.75) is 78.6 Å². The molecule has 2 rings (SSSR count). The van der Waals surface area contributed by atoms with Gasteiger partial charge in [0, 0.05) is 5.54 Å². The first-order valence-corrected chi connectivity index (χ1v) is 11.0. The van der Waals surface area contributed by atoms with Crippen molar-refractivity contribution >= 4 is 23.7 Å². The zero-order chi connectivity index (χ0) is 24.3. The number of carbonyl (C=O) groups is 3. The van der Waals surface area contributed by atoms with Gasteiger partial charge in [0.25, 0.3) is 0 Å². The first kappa shape index (κ1) is 25.4. The molecule has 4 amide bonds. The highest BCUT2D eigenvalue weighted by Crippen LogP contribution is 2.28. The van der Waals surface area contributed by atoms with E-state index >= 15 is 0 Å². The normalized spacial score (nSPS) is 19.2. The number of hydrogen-bond acceptors (Lipinski definition) is 4. The molecule has 0 saturated carbocycles. The summed E-state index contributed by atoms with van der Waals surface area (Å²) in [6, 6.07) is 7.88. The third kappa shape index (κ3) is 7.07. The smallest absolute Gasteiger partial charge is 0.324 e. The van der Waals surface area contributed by atoms with Crippen LogP contribution in [0.15, 0.2) is 35.3 Å². The quantitative estimate of drug-likeness (QED) is 0.630. The van der Waals surface area contributed by atoms with Crippen LogP contribution in [-0.4, -0.2) is 52.2 Å². The number of nitrogens with one attached hydrogen (secondary N) is 3. The zero-order valence-electron chi connectivity index (χ0n) is 20.4. The Morgan fingerprint density at radius 1 is 1.09 bits per heavy atom. The number of amidine groups is 1. The number of rotatable bonds is 6. The van der Waals surface area contributed by atoms with Crippen molar-refractivity contribution in [1.29, 1.82) is 0 Å². The number of hydrogen-bond donors (Lipinski definition) is 3. The summed E-state index contributed by atoms with van der Waals surface area (Å²) in [6.07, 6.45) is 0. The van der Waals surface area contributed by atoms with Gasteiger partial charge >= 0.3 is 6.03 Å². The van der Waals surface area contributed by atoms with Crippen LogP contribution in [0.1, 0.15) is 67.0 Å². The first-order valence-electron chi connectivity index (χ1n) is 11.0. The lowest BCUT2D eigenvalue weighted by atomic mass is 10.0. The minimum Gasteiger partial charge on any atom is -0.350 e. The van der Waals surface area contributed by atoms with Crippen molar-refractivity contribution in [1.82, 2.24) is 20.9 Å². The van der Waals surface area contributed by atoms with Crippen LogP contribution in [-0.2, 0) is 9.59 Å². The van der Waals surface area contributed by atoms with E-state index in [4.69, 9.17) is 0 Å².